The van der Waals surface area contributed by atoms with Gasteiger partial charge in [0.1, 0.15) is 5.82 Å². The zero-order valence-electron chi connectivity index (χ0n) is 14.9. The second-order valence-electron chi connectivity index (χ2n) is 6.29. The number of hydrogen-bond donors (Lipinski definition) is 1. The number of nitrogens with zero attached hydrogens (tertiary/aromatic N) is 2. The van der Waals surface area contributed by atoms with E-state index in [9.17, 15) is 9.59 Å². The second kappa shape index (κ2) is 8.47. The molecule has 3 rings (SSSR count). The van der Waals surface area contributed by atoms with Crippen molar-refractivity contribution in [3.8, 4) is 11.4 Å². The Bertz CT molecular complexity index is 796. The number of aromatic nitrogens is 2. The minimum Gasteiger partial charge on any atom is -0.466 e. The molecule has 136 valence electrons. The van der Waals surface area contributed by atoms with Crippen LogP contribution in [0, 0.1) is 5.92 Å². The zero-order valence-corrected chi connectivity index (χ0v) is 14.9. The van der Waals surface area contributed by atoms with Gasteiger partial charge in [0.05, 0.1) is 7.11 Å². The van der Waals surface area contributed by atoms with Crippen molar-refractivity contribution in [2.45, 2.75) is 25.8 Å². The summed E-state index contributed by atoms with van der Waals surface area (Å²) in [5.74, 6) is 0.607. The van der Waals surface area contributed by atoms with Crippen LogP contribution >= 0.6 is 0 Å². The predicted molar refractivity (Wildman–Crippen MR) is 98.3 cm³/mol. The van der Waals surface area contributed by atoms with E-state index in [4.69, 9.17) is 0 Å². The maximum absolute atomic E-state index is 12.4. The van der Waals surface area contributed by atoms with Crippen LogP contribution in [0.25, 0.3) is 11.4 Å². The minimum atomic E-state index is -0.383. The van der Waals surface area contributed by atoms with Crippen molar-refractivity contribution in [2.75, 3.05) is 13.7 Å². The van der Waals surface area contributed by atoms with Gasteiger partial charge in [-0.1, -0.05) is 36.4 Å². The van der Waals surface area contributed by atoms with Gasteiger partial charge in [-0.25, -0.2) is 9.78 Å². The summed E-state index contributed by atoms with van der Waals surface area (Å²) in [5.41, 5.74) is 2.19. The first-order valence-electron chi connectivity index (χ1n) is 8.81. The summed E-state index contributed by atoms with van der Waals surface area (Å²) in [5, 5.41) is 2.94. The third kappa shape index (κ3) is 4.20. The maximum Gasteiger partial charge on any atom is 0.330 e. The monoisotopic (exact) mass is 353 g/mol. The molecule has 0 spiro atoms. The normalized spacial score (nSPS) is 16.3. The number of benzene rings is 1. The average molecular weight is 353 g/mol. The van der Waals surface area contributed by atoms with Gasteiger partial charge in [0.15, 0.2) is 0 Å². The second-order valence-corrected chi connectivity index (χ2v) is 6.29. The number of carbonyl (C=O) groups is 2. The van der Waals surface area contributed by atoms with Crippen LogP contribution in [0.15, 0.2) is 48.7 Å². The van der Waals surface area contributed by atoms with Crippen LogP contribution in [0.3, 0.4) is 0 Å². The molecule has 1 aliphatic rings. The molecule has 0 saturated heterocycles. The molecule has 0 fully saturated rings. The van der Waals surface area contributed by atoms with Crippen molar-refractivity contribution in [2.24, 2.45) is 5.92 Å². The molecule has 1 aromatic heterocycles. The molecule has 2 aromatic rings. The largest absolute Gasteiger partial charge is 0.466 e. The van der Waals surface area contributed by atoms with E-state index < -0.39 is 0 Å². The number of carbonyl (C=O) groups excluding carboxylic acids is 2. The van der Waals surface area contributed by atoms with Gasteiger partial charge >= 0.3 is 5.97 Å². The van der Waals surface area contributed by atoms with E-state index in [0.717, 1.165) is 30.0 Å². The van der Waals surface area contributed by atoms with Crippen LogP contribution in [0.4, 0.5) is 0 Å². The smallest absolute Gasteiger partial charge is 0.330 e. The van der Waals surface area contributed by atoms with E-state index >= 15 is 0 Å². The molecule has 0 aliphatic carbocycles. The summed E-state index contributed by atoms with van der Waals surface area (Å²) in [6, 6.07) is 10.1. The number of amides is 1. The highest BCUT2D eigenvalue weighted by atomic mass is 16.5. The minimum absolute atomic E-state index is 0.0348. The van der Waals surface area contributed by atoms with Crippen molar-refractivity contribution in [1.82, 2.24) is 14.9 Å². The molecule has 1 amide bonds. The van der Waals surface area contributed by atoms with Crippen molar-refractivity contribution in [1.29, 1.82) is 0 Å². The van der Waals surface area contributed by atoms with Gasteiger partial charge in [0.25, 0.3) is 0 Å². The first-order valence-corrected chi connectivity index (χ1v) is 8.81. The summed E-state index contributed by atoms with van der Waals surface area (Å²) < 4.78 is 6.73. The van der Waals surface area contributed by atoms with Gasteiger partial charge in [-0.15, -0.1) is 0 Å². The Balaban J connectivity index is 1.54. The molecule has 1 aliphatic heterocycles. The molecule has 1 aromatic carbocycles. The molecule has 6 heteroatoms. The highest BCUT2D eigenvalue weighted by Crippen LogP contribution is 2.27. The Morgan fingerprint density at radius 3 is 2.92 bits per heavy atom. The third-order valence-corrected chi connectivity index (χ3v) is 4.56. The first kappa shape index (κ1) is 17.9. The van der Waals surface area contributed by atoms with Gasteiger partial charge in [-0.3, -0.25) is 4.79 Å². The number of esters is 1. The number of fused-ring (bicyclic) bond motifs is 1. The SMILES string of the molecule is COC(=O)/C=C/CCNC(=O)C1CCn2c(cnc2-c2ccccc2)C1. The van der Waals surface area contributed by atoms with E-state index in [1.165, 1.54) is 13.2 Å². The summed E-state index contributed by atoms with van der Waals surface area (Å²) in [7, 11) is 1.34. The van der Waals surface area contributed by atoms with Crippen molar-refractivity contribution in [3.05, 3.63) is 54.4 Å². The van der Waals surface area contributed by atoms with Crippen LogP contribution in [-0.2, 0) is 27.3 Å². The van der Waals surface area contributed by atoms with Crippen molar-refractivity contribution in [3.63, 3.8) is 0 Å². The molecule has 1 unspecified atom stereocenters. The fourth-order valence-electron chi connectivity index (χ4n) is 3.17. The van der Waals surface area contributed by atoms with Crippen molar-refractivity contribution < 1.29 is 14.3 Å². The van der Waals surface area contributed by atoms with E-state index in [2.05, 4.69) is 31.7 Å². The summed E-state index contributed by atoms with van der Waals surface area (Å²) in [6.45, 7) is 1.30. The van der Waals surface area contributed by atoms with Gasteiger partial charge in [0.2, 0.25) is 5.91 Å². The summed E-state index contributed by atoms with van der Waals surface area (Å²) in [4.78, 5) is 27.9. The molecular weight excluding hydrogens is 330 g/mol. The standard InChI is InChI=1S/C20H23N3O3/c1-26-18(24)9-5-6-11-21-20(25)16-10-12-23-17(13-16)14-22-19(23)15-7-3-2-4-8-15/h2-5,7-9,14,16H,6,10-13H2,1H3,(H,21,25)/b9-5+. The quantitative estimate of drug-likeness (QED) is 0.491. The Labute approximate surface area is 152 Å². The van der Waals surface area contributed by atoms with E-state index in [-0.39, 0.29) is 17.8 Å². The Morgan fingerprint density at radius 2 is 2.15 bits per heavy atom. The fraction of sp³-hybridized carbons (Fsp3) is 0.350. The first-order chi connectivity index (χ1) is 12.7. The number of hydrogen-bond acceptors (Lipinski definition) is 4. The Hall–Kier alpha value is -2.89. The number of methoxy groups -OCH3 is 1. The van der Waals surface area contributed by atoms with Crippen LogP contribution in [-0.4, -0.2) is 35.1 Å². The third-order valence-electron chi connectivity index (χ3n) is 4.56. The number of nitrogens with one attached hydrogen (secondary N) is 1. The lowest BCUT2D eigenvalue weighted by Gasteiger charge is -2.24. The molecule has 1 N–H and O–H groups in total. The summed E-state index contributed by atoms with van der Waals surface area (Å²) in [6.07, 6.45) is 7.05. The summed E-state index contributed by atoms with van der Waals surface area (Å²) >= 11 is 0. The lowest BCUT2D eigenvalue weighted by molar-refractivity contribution is -0.134. The number of ether oxygens (including phenoxy) is 1. The van der Waals surface area contributed by atoms with E-state index in [0.29, 0.717) is 19.4 Å². The average Bonchev–Trinajstić information content (AvgIpc) is 3.11. The topological polar surface area (TPSA) is 73.2 Å². The molecule has 1 atom stereocenters. The molecular formula is C20H23N3O3. The number of rotatable bonds is 6. The van der Waals surface area contributed by atoms with Crippen molar-refractivity contribution >= 4 is 11.9 Å². The van der Waals surface area contributed by atoms with E-state index in [1.54, 1.807) is 6.08 Å². The van der Waals surface area contributed by atoms with Gasteiger partial charge in [0, 0.05) is 49.0 Å². The van der Waals surface area contributed by atoms with Gasteiger partial charge in [-0.05, 0) is 12.8 Å². The molecule has 6 nitrogen and oxygen atoms in total. The predicted octanol–water partition coefficient (Wildman–Crippen LogP) is 2.35. The Kier molecular flexibility index (Phi) is 5.84. The molecule has 2 heterocycles. The fourth-order valence-corrected chi connectivity index (χ4v) is 3.17. The lowest BCUT2D eigenvalue weighted by Crippen LogP contribution is -2.35. The van der Waals surface area contributed by atoms with Crippen LogP contribution in [0.1, 0.15) is 18.5 Å². The maximum atomic E-state index is 12.4. The van der Waals surface area contributed by atoms with Gasteiger partial charge < -0.3 is 14.6 Å². The molecule has 0 saturated carbocycles. The van der Waals surface area contributed by atoms with Crippen LogP contribution in [0.2, 0.25) is 0 Å². The zero-order chi connectivity index (χ0) is 18.4. The highest BCUT2D eigenvalue weighted by Gasteiger charge is 2.26. The molecule has 26 heavy (non-hydrogen) atoms. The molecule has 0 bridgehead atoms. The highest BCUT2D eigenvalue weighted by molar-refractivity contribution is 5.81. The van der Waals surface area contributed by atoms with E-state index in [1.807, 2.05) is 24.4 Å². The van der Waals surface area contributed by atoms with Gasteiger partial charge in [-0.2, -0.15) is 0 Å². The Morgan fingerprint density at radius 1 is 1.35 bits per heavy atom. The molecule has 0 radical (unpaired) electrons. The number of imidazole rings is 1. The van der Waals surface area contributed by atoms with Crippen LogP contribution in [0.5, 0.6) is 0 Å². The lowest BCUT2D eigenvalue weighted by atomic mass is 9.95. The van der Waals surface area contributed by atoms with Crippen LogP contribution < -0.4 is 5.32 Å².